The Morgan fingerprint density at radius 3 is 0.880 bits per heavy atom. The molecule has 2 amide bonds. The molecule has 14 nitrogen and oxygen atoms in total. The fourth-order valence-corrected chi connectivity index (χ4v) is 8.77. The highest BCUT2D eigenvalue weighted by Gasteiger charge is 2.24. The SMILES string of the molecule is NNC(=O)COc1c2cccc1Sc1cccc(c1OCC(=O)O)Sc1cccc(c1OCC(=O)NN)Sc1cccc(c1OCC(=O)O)S2. The van der Waals surface area contributed by atoms with Crippen molar-refractivity contribution in [2.24, 2.45) is 11.7 Å². The molecule has 4 aromatic rings. The maximum Gasteiger partial charge on any atom is 0.341 e. The lowest BCUT2D eigenvalue weighted by molar-refractivity contribution is -0.140. The Balaban J connectivity index is 1.75. The molecule has 0 aliphatic carbocycles. The summed E-state index contributed by atoms with van der Waals surface area (Å²) in [7, 11) is 0. The highest BCUT2D eigenvalue weighted by molar-refractivity contribution is 8.01. The second kappa shape index (κ2) is 17.3. The highest BCUT2D eigenvalue weighted by Crippen LogP contribution is 2.53. The predicted molar refractivity (Wildman–Crippen MR) is 184 cm³/mol. The monoisotopic (exact) mass is 756 g/mol. The van der Waals surface area contributed by atoms with Crippen LogP contribution in [0.25, 0.3) is 0 Å². The van der Waals surface area contributed by atoms with Crippen LogP contribution in [0.1, 0.15) is 0 Å². The van der Waals surface area contributed by atoms with Gasteiger partial charge in [-0.3, -0.25) is 20.4 Å². The minimum Gasteiger partial charge on any atom is -0.481 e. The number of aliphatic carboxylic acids is 2. The molecular formula is C32H28N4O10S4. The average molecular weight is 757 g/mol. The fraction of sp³-hybridized carbons (Fsp3) is 0.125. The molecule has 18 heteroatoms. The van der Waals surface area contributed by atoms with E-state index in [0.717, 1.165) is 0 Å². The van der Waals surface area contributed by atoms with E-state index in [-0.39, 0.29) is 11.5 Å². The molecule has 0 radical (unpaired) electrons. The van der Waals surface area contributed by atoms with Crippen LogP contribution in [-0.2, 0) is 19.2 Å². The summed E-state index contributed by atoms with van der Waals surface area (Å²) in [6, 6.07) is 21.2. The summed E-state index contributed by atoms with van der Waals surface area (Å²) < 4.78 is 23.8. The van der Waals surface area contributed by atoms with Crippen LogP contribution in [0.15, 0.2) is 112 Å². The van der Waals surface area contributed by atoms with Gasteiger partial charge < -0.3 is 29.2 Å². The van der Waals surface area contributed by atoms with Gasteiger partial charge in [0, 0.05) is 0 Å². The number of nitrogens with two attached hydrogens (primary N) is 2. The summed E-state index contributed by atoms with van der Waals surface area (Å²) in [6.45, 7) is -2.11. The number of carboxylic acid groups (broad SMARTS) is 2. The van der Waals surface area contributed by atoms with E-state index in [1.165, 1.54) is 47.0 Å². The van der Waals surface area contributed by atoms with Gasteiger partial charge in [0.1, 0.15) is 23.0 Å². The van der Waals surface area contributed by atoms with E-state index in [2.05, 4.69) is 0 Å². The van der Waals surface area contributed by atoms with E-state index >= 15 is 0 Å². The highest BCUT2D eigenvalue weighted by atomic mass is 32.2. The number of carbonyl (C=O) groups excluding carboxylic acids is 2. The third kappa shape index (κ3) is 9.29. The molecule has 0 unspecified atom stereocenters. The minimum atomic E-state index is -1.18. The fourth-order valence-electron chi connectivity index (χ4n) is 4.30. The van der Waals surface area contributed by atoms with Crippen molar-refractivity contribution < 1.29 is 48.3 Å². The number of hydrogen-bond donors (Lipinski definition) is 6. The molecule has 0 aromatic heterocycles. The summed E-state index contributed by atoms with van der Waals surface area (Å²) in [5.74, 6) is 8.23. The second-order valence-electron chi connectivity index (χ2n) is 9.82. The molecule has 0 fully saturated rings. The first-order valence-electron chi connectivity index (χ1n) is 14.3. The largest absolute Gasteiger partial charge is 0.481 e. The Labute approximate surface area is 301 Å². The van der Waals surface area contributed by atoms with Gasteiger partial charge in [0.15, 0.2) is 26.4 Å². The molecule has 1 aliphatic rings. The van der Waals surface area contributed by atoms with Crippen molar-refractivity contribution in [3.63, 3.8) is 0 Å². The Hall–Kier alpha value is -4.72. The second-order valence-corrected chi connectivity index (χ2v) is 14.2. The summed E-state index contributed by atoms with van der Waals surface area (Å²) in [5, 5.41) is 19.0. The van der Waals surface area contributed by atoms with E-state index in [9.17, 15) is 29.4 Å². The normalized spacial score (nSPS) is 11.9. The van der Waals surface area contributed by atoms with E-state index < -0.39 is 50.2 Å². The van der Waals surface area contributed by atoms with Crippen LogP contribution in [0, 0.1) is 0 Å². The number of hydrogen-bond acceptors (Lipinski definition) is 14. The number of amides is 2. The van der Waals surface area contributed by atoms with Crippen molar-refractivity contribution in [3.05, 3.63) is 72.8 Å². The van der Waals surface area contributed by atoms with Crippen LogP contribution < -0.4 is 41.5 Å². The van der Waals surface area contributed by atoms with Crippen LogP contribution >= 0.6 is 47.0 Å². The number of carbonyl (C=O) groups is 4. The Morgan fingerprint density at radius 2 is 0.680 bits per heavy atom. The number of nitrogens with one attached hydrogen (secondary N) is 2. The Morgan fingerprint density at radius 1 is 0.460 bits per heavy atom. The van der Waals surface area contributed by atoms with E-state index in [1.54, 1.807) is 72.8 Å². The molecule has 1 heterocycles. The third-order valence-corrected chi connectivity index (χ3v) is 10.7. The number of fused-ring (bicyclic) bond motifs is 8. The average Bonchev–Trinajstić information content (AvgIpc) is 3.09. The summed E-state index contributed by atoms with van der Waals surface area (Å²) in [6.07, 6.45) is 0. The van der Waals surface area contributed by atoms with E-state index in [1.807, 2.05) is 10.9 Å². The molecule has 0 atom stereocenters. The van der Waals surface area contributed by atoms with Crippen molar-refractivity contribution >= 4 is 70.8 Å². The first-order valence-corrected chi connectivity index (χ1v) is 17.6. The Kier molecular flexibility index (Phi) is 12.6. The van der Waals surface area contributed by atoms with Crippen LogP contribution in [0.3, 0.4) is 0 Å². The van der Waals surface area contributed by atoms with Crippen molar-refractivity contribution in [1.29, 1.82) is 0 Å². The molecule has 4 aromatic carbocycles. The van der Waals surface area contributed by atoms with Crippen molar-refractivity contribution in [3.8, 4) is 23.0 Å². The molecule has 50 heavy (non-hydrogen) atoms. The maximum atomic E-state index is 12.2. The molecule has 0 spiro atoms. The number of hydrazine groups is 2. The van der Waals surface area contributed by atoms with Gasteiger partial charge in [-0.1, -0.05) is 71.3 Å². The van der Waals surface area contributed by atoms with E-state index in [0.29, 0.717) is 50.7 Å². The standard InChI is InChI=1S/C32H28N4O10S4/c33-35-25(37)13-43-29-17-5-1-6-18(29)48-22-10-4-12-24(32(22)46-16-28(41)42)50-20-8-2-7-19(30(20)44-14-26(38)36-34)49-23-11-3-9-21(47-17)31(23)45-15-27(39)40/h1-12H,13-16,33-34H2,(H,35,37)(H,36,38)(H,39,40)(H,41,42). The van der Waals surface area contributed by atoms with Gasteiger partial charge in [-0.25, -0.2) is 21.3 Å². The lowest BCUT2D eigenvalue weighted by Crippen LogP contribution is -2.34. The van der Waals surface area contributed by atoms with Crippen LogP contribution in [0.4, 0.5) is 0 Å². The smallest absolute Gasteiger partial charge is 0.341 e. The predicted octanol–water partition coefficient (Wildman–Crippen LogP) is 4.27. The number of rotatable bonds is 12. The van der Waals surface area contributed by atoms with Crippen molar-refractivity contribution in [2.45, 2.75) is 39.2 Å². The quantitative estimate of drug-likeness (QED) is 0.0594. The zero-order chi connectivity index (χ0) is 35.6. The van der Waals surface area contributed by atoms with Gasteiger partial charge in [-0.2, -0.15) is 0 Å². The third-order valence-electron chi connectivity index (χ3n) is 6.35. The van der Waals surface area contributed by atoms with Gasteiger partial charge >= 0.3 is 11.9 Å². The number of carboxylic acids is 2. The number of ether oxygens (including phenoxy) is 4. The topological polar surface area (TPSA) is 222 Å². The van der Waals surface area contributed by atoms with Gasteiger partial charge in [-0.15, -0.1) is 0 Å². The number of para-hydroxylation sites is 4. The molecule has 5 rings (SSSR count). The first-order chi connectivity index (χ1) is 24.2. The minimum absolute atomic E-state index is 0.263. The summed E-state index contributed by atoms with van der Waals surface area (Å²) in [4.78, 5) is 52.0. The molecule has 0 saturated heterocycles. The molecule has 8 N–H and O–H groups in total. The lowest BCUT2D eigenvalue weighted by Gasteiger charge is -2.21. The maximum absolute atomic E-state index is 12.2. The first kappa shape index (κ1) is 36.6. The zero-order valence-corrected chi connectivity index (χ0v) is 29.0. The Bertz CT molecular complexity index is 1710. The molecular weight excluding hydrogens is 729 g/mol. The molecule has 1 aliphatic heterocycles. The van der Waals surface area contributed by atoms with Crippen molar-refractivity contribution in [2.75, 3.05) is 26.4 Å². The van der Waals surface area contributed by atoms with Crippen LogP contribution in [0.5, 0.6) is 23.0 Å². The van der Waals surface area contributed by atoms with Crippen LogP contribution in [-0.4, -0.2) is 60.4 Å². The molecule has 8 bridgehead atoms. The van der Waals surface area contributed by atoms with Gasteiger partial charge in [-0.05, 0) is 48.5 Å². The van der Waals surface area contributed by atoms with Gasteiger partial charge in [0.05, 0.1) is 39.2 Å². The summed E-state index contributed by atoms with van der Waals surface area (Å²) in [5.41, 5.74) is 4.09. The van der Waals surface area contributed by atoms with Crippen molar-refractivity contribution in [1.82, 2.24) is 10.9 Å². The molecule has 260 valence electrons. The number of benzene rings is 4. The zero-order valence-electron chi connectivity index (χ0n) is 25.7. The summed E-state index contributed by atoms with van der Waals surface area (Å²) >= 11 is 4.85. The van der Waals surface area contributed by atoms with Gasteiger partial charge in [0.2, 0.25) is 0 Å². The van der Waals surface area contributed by atoms with Gasteiger partial charge in [0.25, 0.3) is 11.8 Å². The molecule has 0 saturated carbocycles. The lowest BCUT2D eigenvalue weighted by atomic mass is 10.3. The van der Waals surface area contributed by atoms with Crippen LogP contribution in [0.2, 0.25) is 0 Å². The van der Waals surface area contributed by atoms with E-state index in [4.69, 9.17) is 30.6 Å².